The highest BCUT2D eigenvalue weighted by atomic mass is 32.2. The Hall–Kier alpha value is -6.06. The van der Waals surface area contributed by atoms with Gasteiger partial charge in [0.15, 0.2) is 5.82 Å². The number of fused-ring (bicyclic) bond motifs is 2. The van der Waals surface area contributed by atoms with Gasteiger partial charge in [-0.2, -0.15) is 0 Å². The normalized spacial score (nSPS) is 14.0. The maximum atomic E-state index is 13.8. The molecule has 0 aliphatic carbocycles. The number of benzene rings is 6. The van der Waals surface area contributed by atoms with E-state index in [9.17, 15) is 18.5 Å². The highest BCUT2D eigenvalue weighted by molar-refractivity contribution is 7.99. The van der Waals surface area contributed by atoms with E-state index in [0.29, 0.717) is 16.7 Å². The van der Waals surface area contributed by atoms with Crippen LogP contribution in [0.2, 0.25) is 0 Å². The molecule has 1 aliphatic rings. The predicted octanol–water partition coefficient (Wildman–Crippen LogP) is 9.01. The number of nitro benzene ring substituents is 1. The minimum atomic E-state index is -4.27. The summed E-state index contributed by atoms with van der Waals surface area (Å²) in [6.07, 6.45) is 2.05. The molecule has 7 aromatic rings. The lowest BCUT2D eigenvalue weighted by atomic mass is 9.94. The first kappa shape index (κ1) is 41.7. The summed E-state index contributed by atoms with van der Waals surface area (Å²) < 4.78 is 30.2. The first-order chi connectivity index (χ1) is 29.6. The number of rotatable bonds is 16. The maximum absolute atomic E-state index is 13.8. The molecular formula is C47H48N8O4S2. The van der Waals surface area contributed by atoms with E-state index in [-0.39, 0.29) is 28.1 Å². The number of nitrogens with one attached hydrogen (secondary N) is 2. The molecule has 0 saturated carbocycles. The summed E-state index contributed by atoms with van der Waals surface area (Å²) in [4.78, 5) is 28.3. The number of anilines is 3. The zero-order chi connectivity index (χ0) is 42.3. The third-order valence-corrected chi connectivity index (χ3v) is 13.5. The molecule has 1 aliphatic heterocycles. The van der Waals surface area contributed by atoms with Gasteiger partial charge in [0.2, 0.25) is 0 Å². The highest BCUT2D eigenvalue weighted by Gasteiger charge is 2.25. The molecule has 6 aromatic carbocycles. The zero-order valence-electron chi connectivity index (χ0n) is 34.1. The average molecular weight is 853 g/mol. The Balaban J connectivity index is 0.940. The monoisotopic (exact) mass is 852 g/mol. The SMILES string of the molecule is CN(C)CCC(CSc1ccccc1)Nc1ccc(S(=O)(=O)Nc2ncnc3cc(N4CCN(Cc5ccccc5-c5cccc6ccccc56)CC4)ccc23)cc1[N+](=O)[O-]. The van der Waals surface area contributed by atoms with Gasteiger partial charge in [0, 0.05) is 66.6 Å². The minimum absolute atomic E-state index is 0.0952. The van der Waals surface area contributed by atoms with Gasteiger partial charge in [-0.3, -0.25) is 19.7 Å². The molecule has 61 heavy (non-hydrogen) atoms. The molecular weight excluding hydrogens is 805 g/mol. The molecule has 0 spiro atoms. The average Bonchev–Trinajstić information content (AvgIpc) is 3.27. The number of thioether (sulfide) groups is 1. The Morgan fingerprint density at radius 2 is 1.54 bits per heavy atom. The lowest BCUT2D eigenvalue weighted by Gasteiger charge is -2.36. The molecule has 12 nitrogen and oxygen atoms in total. The van der Waals surface area contributed by atoms with Gasteiger partial charge in [0.25, 0.3) is 15.7 Å². The quantitative estimate of drug-likeness (QED) is 0.0548. The van der Waals surface area contributed by atoms with E-state index in [1.807, 2.05) is 62.6 Å². The number of hydrogen-bond donors (Lipinski definition) is 2. The first-order valence-corrected chi connectivity index (χ1v) is 22.8. The van der Waals surface area contributed by atoms with Gasteiger partial charge in [-0.25, -0.2) is 18.4 Å². The Labute approximate surface area is 360 Å². The zero-order valence-corrected chi connectivity index (χ0v) is 35.8. The summed E-state index contributed by atoms with van der Waals surface area (Å²) in [7, 11) is -0.308. The van der Waals surface area contributed by atoms with Crippen LogP contribution in [-0.2, 0) is 16.6 Å². The van der Waals surface area contributed by atoms with E-state index in [1.165, 1.54) is 45.9 Å². The Bertz CT molecular complexity index is 2760. The van der Waals surface area contributed by atoms with Gasteiger partial charge in [-0.1, -0.05) is 84.9 Å². The van der Waals surface area contributed by atoms with Gasteiger partial charge < -0.3 is 15.1 Å². The maximum Gasteiger partial charge on any atom is 0.293 e. The van der Waals surface area contributed by atoms with E-state index in [1.54, 1.807) is 11.8 Å². The smallest absolute Gasteiger partial charge is 0.293 e. The fourth-order valence-electron chi connectivity index (χ4n) is 7.79. The van der Waals surface area contributed by atoms with Crippen LogP contribution in [0.3, 0.4) is 0 Å². The van der Waals surface area contributed by atoms with E-state index in [4.69, 9.17) is 0 Å². The number of nitrogens with zero attached hydrogens (tertiary/aromatic N) is 6. The van der Waals surface area contributed by atoms with Crippen molar-refractivity contribution in [1.29, 1.82) is 0 Å². The van der Waals surface area contributed by atoms with Gasteiger partial charge in [-0.05, 0) is 97.0 Å². The summed E-state index contributed by atoms with van der Waals surface area (Å²) in [6.45, 7) is 5.00. The standard InChI is InChI=1S/C47H48N8O4S2/c1-52(2)24-23-36(32-60-38-14-4-3-5-15-38)50-44-22-20-39(30-46(44)55(56)57)61(58,59)51-47-43-21-19-37(29-45(43)48-33-49-47)54-27-25-53(26-28-54)31-35-12-7-9-17-41(35)42-18-10-13-34-11-6-8-16-40(34)42/h3-22,29-30,33,36,50H,23-28,31-32H2,1-2H3,(H,48,49,51). The summed E-state index contributed by atoms with van der Waals surface area (Å²) >= 11 is 1.66. The first-order valence-electron chi connectivity index (χ1n) is 20.3. The summed E-state index contributed by atoms with van der Waals surface area (Å²) in [5, 5.41) is 18.7. The number of nitro groups is 1. The molecule has 0 amide bonds. The van der Waals surface area contributed by atoms with E-state index in [2.05, 4.69) is 101 Å². The molecule has 1 unspecified atom stereocenters. The van der Waals surface area contributed by atoms with E-state index >= 15 is 0 Å². The molecule has 8 rings (SSSR count). The number of piperazine rings is 1. The Morgan fingerprint density at radius 1 is 0.803 bits per heavy atom. The topological polar surface area (TPSA) is 137 Å². The van der Waals surface area contributed by atoms with Crippen LogP contribution in [0.25, 0.3) is 32.8 Å². The minimum Gasteiger partial charge on any atom is -0.376 e. The van der Waals surface area contributed by atoms with Crippen LogP contribution in [0, 0.1) is 10.1 Å². The van der Waals surface area contributed by atoms with Crippen LogP contribution >= 0.6 is 11.8 Å². The van der Waals surface area contributed by atoms with Crippen molar-refractivity contribution in [2.24, 2.45) is 0 Å². The van der Waals surface area contributed by atoms with Crippen LogP contribution < -0.4 is 14.9 Å². The number of aromatic nitrogens is 2. The van der Waals surface area contributed by atoms with Gasteiger partial charge in [0.05, 0.1) is 15.3 Å². The van der Waals surface area contributed by atoms with Crippen molar-refractivity contribution in [2.75, 3.05) is 67.5 Å². The van der Waals surface area contributed by atoms with Crippen molar-refractivity contribution in [3.8, 4) is 11.1 Å². The van der Waals surface area contributed by atoms with Crippen LogP contribution in [0.1, 0.15) is 12.0 Å². The van der Waals surface area contributed by atoms with E-state index < -0.39 is 14.9 Å². The van der Waals surface area contributed by atoms with Crippen LogP contribution in [0.5, 0.6) is 0 Å². The molecule has 0 radical (unpaired) electrons. The van der Waals surface area contributed by atoms with Crippen LogP contribution in [0.4, 0.5) is 22.9 Å². The number of sulfonamides is 1. The third kappa shape index (κ3) is 9.95. The van der Waals surface area contributed by atoms with Crippen molar-refractivity contribution in [3.05, 3.63) is 155 Å². The van der Waals surface area contributed by atoms with Crippen molar-refractivity contribution in [1.82, 2.24) is 19.8 Å². The van der Waals surface area contributed by atoms with Crippen molar-refractivity contribution >= 4 is 66.3 Å². The molecule has 0 bridgehead atoms. The molecule has 1 fully saturated rings. The molecule has 1 atom stereocenters. The second-order valence-corrected chi connectivity index (χ2v) is 18.2. The van der Waals surface area contributed by atoms with Gasteiger partial charge >= 0.3 is 0 Å². The molecule has 1 aromatic heterocycles. The third-order valence-electron chi connectivity index (χ3n) is 11.0. The predicted molar refractivity (Wildman–Crippen MR) is 248 cm³/mol. The highest BCUT2D eigenvalue weighted by Crippen LogP contribution is 2.34. The molecule has 2 N–H and O–H groups in total. The summed E-state index contributed by atoms with van der Waals surface area (Å²) in [6, 6.07) is 43.2. The lowest BCUT2D eigenvalue weighted by molar-refractivity contribution is -0.384. The molecule has 2 heterocycles. The molecule has 14 heteroatoms. The lowest BCUT2D eigenvalue weighted by Crippen LogP contribution is -2.46. The van der Waals surface area contributed by atoms with Crippen molar-refractivity contribution in [3.63, 3.8) is 0 Å². The Morgan fingerprint density at radius 3 is 2.34 bits per heavy atom. The molecule has 1 saturated heterocycles. The van der Waals surface area contributed by atoms with Crippen molar-refractivity contribution in [2.45, 2.75) is 28.8 Å². The Kier molecular flexibility index (Phi) is 12.8. The molecule has 312 valence electrons. The fourth-order valence-corrected chi connectivity index (χ4v) is 9.83. The summed E-state index contributed by atoms with van der Waals surface area (Å²) in [5.74, 6) is 0.759. The second-order valence-electron chi connectivity index (χ2n) is 15.5. The van der Waals surface area contributed by atoms with Crippen LogP contribution in [0.15, 0.2) is 150 Å². The fraction of sp³-hybridized carbons (Fsp3) is 0.234. The van der Waals surface area contributed by atoms with Gasteiger partial charge in [0.1, 0.15) is 12.0 Å². The number of hydrogen-bond acceptors (Lipinski definition) is 11. The summed E-state index contributed by atoms with van der Waals surface area (Å²) in [5.41, 5.74) is 5.29. The van der Waals surface area contributed by atoms with Crippen molar-refractivity contribution < 1.29 is 13.3 Å². The van der Waals surface area contributed by atoms with Crippen LogP contribution in [-0.4, -0.2) is 91.7 Å². The van der Waals surface area contributed by atoms with Gasteiger partial charge in [-0.15, -0.1) is 11.8 Å². The largest absolute Gasteiger partial charge is 0.376 e. The second kappa shape index (κ2) is 18.7. The van der Waals surface area contributed by atoms with E-state index in [0.717, 1.165) is 62.3 Å².